The summed E-state index contributed by atoms with van der Waals surface area (Å²) in [7, 11) is -2.15. The maximum absolute atomic E-state index is 13.1. The first-order valence-electron chi connectivity index (χ1n) is 11.5. The van der Waals surface area contributed by atoms with Crippen molar-refractivity contribution in [3.05, 3.63) is 53.1 Å². The number of fused-ring (bicyclic) bond motifs is 2. The zero-order valence-electron chi connectivity index (χ0n) is 19.8. The maximum Gasteiger partial charge on any atom is 0.261 e. The van der Waals surface area contributed by atoms with Crippen LogP contribution in [0, 0.1) is 5.92 Å². The lowest BCUT2D eigenvalue weighted by Gasteiger charge is -2.29. The highest BCUT2D eigenvalue weighted by atomic mass is 32.2. The summed E-state index contributed by atoms with van der Waals surface area (Å²) in [4.78, 5) is 34.5. The quantitative estimate of drug-likeness (QED) is 0.409. The predicted molar refractivity (Wildman–Crippen MR) is 138 cm³/mol. The largest absolute Gasteiger partial charge is 0.497 e. The summed E-state index contributed by atoms with van der Waals surface area (Å²) in [6.07, 6.45) is 2.89. The average Bonchev–Trinajstić information content (AvgIpc) is 3.27. The first-order valence-corrected chi connectivity index (χ1v) is 13.7. The molecule has 0 atom stereocenters. The number of benzene rings is 2. The average molecular weight is 528 g/mol. The van der Waals surface area contributed by atoms with Crippen LogP contribution in [0.5, 0.6) is 5.75 Å². The molecule has 5 rings (SSSR count). The molecule has 1 N–H and O–H groups in total. The first kappa shape index (κ1) is 24.3. The van der Waals surface area contributed by atoms with Gasteiger partial charge in [-0.1, -0.05) is 18.3 Å². The summed E-state index contributed by atoms with van der Waals surface area (Å²) in [5.74, 6) is 0.728. The number of rotatable bonds is 6. The number of thiazole rings is 1. The van der Waals surface area contributed by atoms with E-state index in [2.05, 4.69) is 22.2 Å². The van der Waals surface area contributed by atoms with Gasteiger partial charge in [0.25, 0.3) is 5.56 Å². The lowest BCUT2D eigenvalue weighted by atomic mass is 10.0. The van der Waals surface area contributed by atoms with E-state index in [1.165, 1.54) is 40.2 Å². The lowest BCUT2D eigenvalue weighted by molar-refractivity contribution is -0.116. The number of carbonyl (C=O) groups excluding carboxylic acids is 1. The smallest absolute Gasteiger partial charge is 0.261 e. The minimum absolute atomic E-state index is 0.0514. The van der Waals surface area contributed by atoms with Crippen LogP contribution in [-0.4, -0.2) is 53.4 Å². The molecule has 0 unspecified atom stereocenters. The highest BCUT2D eigenvalue weighted by Gasteiger charge is 2.28. The fourth-order valence-corrected chi connectivity index (χ4v) is 6.59. The molecule has 0 aliphatic carbocycles. The number of piperidine rings is 1. The third kappa shape index (κ3) is 4.71. The molecular formula is C24H25N5O5S2. The van der Waals surface area contributed by atoms with Crippen molar-refractivity contribution in [2.24, 2.45) is 5.92 Å². The molecule has 0 radical (unpaired) electrons. The minimum Gasteiger partial charge on any atom is -0.497 e. The highest BCUT2D eigenvalue weighted by molar-refractivity contribution is 7.89. The number of aromatic nitrogens is 3. The summed E-state index contributed by atoms with van der Waals surface area (Å²) in [6, 6.07) is 9.77. The second kappa shape index (κ2) is 9.60. The molecule has 1 fully saturated rings. The van der Waals surface area contributed by atoms with Crippen LogP contribution in [0.15, 0.2) is 52.4 Å². The molecule has 2 aromatic heterocycles. The predicted octanol–water partition coefficient (Wildman–Crippen LogP) is 3.07. The molecule has 2 aromatic carbocycles. The van der Waals surface area contributed by atoms with Crippen LogP contribution in [0.25, 0.3) is 21.1 Å². The molecule has 36 heavy (non-hydrogen) atoms. The van der Waals surface area contributed by atoms with Crippen LogP contribution >= 0.6 is 11.3 Å². The van der Waals surface area contributed by atoms with Crippen molar-refractivity contribution in [3.63, 3.8) is 0 Å². The summed E-state index contributed by atoms with van der Waals surface area (Å²) >= 11 is 1.29. The molecule has 1 aliphatic rings. The van der Waals surface area contributed by atoms with Gasteiger partial charge in [-0.25, -0.2) is 18.4 Å². The lowest BCUT2D eigenvalue weighted by Crippen LogP contribution is -2.38. The third-order valence-corrected chi connectivity index (χ3v) is 9.16. The van der Waals surface area contributed by atoms with Gasteiger partial charge in [-0.05, 0) is 55.2 Å². The fourth-order valence-electron chi connectivity index (χ4n) is 4.18. The van der Waals surface area contributed by atoms with Gasteiger partial charge in [-0.15, -0.1) is 0 Å². The van der Waals surface area contributed by atoms with Gasteiger partial charge in [0.05, 0.1) is 39.5 Å². The van der Waals surface area contributed by atoms with E-state index in [0.717, 1.165) is 27.6 Å². The van der Waals surface area contributed by atoms with E-state index >= 15 is 0 Å². The SMILES string of the molecule is COc1ccc2nc(NC(=O)Cn3cnc4ccc(S(=O)(=O)N5CCC(C)CC5)cc4c3=O)sc2c1. The van der Waals surface area contributed by atoms with Crippen molar-refractivity contribution in [2.45, 2.75) is 31.2 Å². The van der Waals surface area contributed by atoms with Gasteiger partial charge in [-0.3, -0.25) is 14.2 Å². The molecule has 0 saturated carbocycles. The molecule has 10 nitrogen and oxygen atoms in total. The zero-order chi connectivity index (χ0) is 25.4. The van der Waals surface area contributed by atoms with Crippen molar-refractivity contribution in [2.75, 3.05) is 25.5 Å². The zero-order valence-corrected chi connectivity index (χ0v) is 21.4. The second-order valence-corrected chi connectivity index (χ2v) is 11.8. The Balaban J connectivity index is 1.38. The molecule has 3 heterocycles. The molecular weight excluding hydrogens is 502 g/mol. The molecule has 0 bridgehead atoms. The summed E-state index contributed by atoms with van der Waals surface area (Å²) in [6.45, 7) is 2.73. The Kier molecular flexibility index (Phi) is 6.49. The van der Waals surface area contributed by atoms with E-state index in [1.807, 2.05) is 6.07 Å². The molecule has 188 valence electrons. The van der Waals surface area contributed by atoms with Crippen molar-refractivity contribution in [3.8, 4) is 5.75 Å². The molecule has 12 heteroatoms. The minimum atomic E-state index is -3.73. The summed E-state index contributed by atoms with van der Waals surface area (Å²) < 4.78 is 35.0. The van der Waals surface area contributed by atoms with Gasteiger partial charge >= 0.3 is 0 Å². The number of carbonyl (C=O) groups is 1. The summed E-state index contributed by atoms with van der Waals surface area (Å²) in [5, 5.41) is 3.25. The number of hydrogen-bond donors (Lipinski definition) is 1. The molecule has 4 aromatic rings. The van der Waals surface area contributed by atoms with Gasteiger partial charge in [-0.2, -0.15) is 4.31 Å². The Morgan fingerprint density at radius 3 is 2.67 bits per heavy atom. The number of hydrogen-bond acceptors (Lipinski definition) is 8. The van der Waals surface area contributed by atoms with Crippen molar-refractivity contribution in [1.29, 1.82) is 0 Å². The van der Waals surface area contributed by atoms with Crippen molar-refractivity contribution >= 4 is 53.5 Å². The Morgan fingerprint density at radius 1 is 1.17 bits per heavy atom. The Morgan fingerprint density at radius 2 is 1.92 bits per heavy atom. The molecule has 1 amide bonds. The van der Waals surface area contributed by atoms with Crippen LogP contribution in [0.3, 0.4) is 0 Å². The molecule has 0 spiro atoms. The fraction of sp³-hybridized carbons (Fsp3) is 0.333. The first-order chi connectivity index (χ1) is 17.2. The molecule has 1 aliphatic heterocycles. The number of methoxy groups -OCH3 is 1. The summed E-state index contributed by atoms with van der Waals surface area (Å²) in [5.41, 5.74) is 0.592. The van der Waals surface area contributed by atoms with E-state index in [0.29, 0.717) is 35.4 Å². The third-order valence-electron chi connectivity index (χ3n) is 6.33. The van der Waals surface area contributed by atoms with Crippen LogP contribution in [-0.2, 0) is 21.4 Å². The van der Waals surface area contributed by atoms with Crippen molar-refractivity contribution in [1.82, 2.24) is 18.8 Å². The number of ether oxygens (including phenoxy) is 1. The van der Waals surface area contributed by atoms with Gasteiger partial charge in [0.15, 0.2) is 5.13 Å². The van der Waals surface area contributed by atoms with Crippen LogP contribution in [0.1, 0.15) is 19.8 Å². The van der Waals surface area contributed by atoms with Crippen LogP contribution in [0.4, 0.5) is 5.13 Å². The standard InChI is InChI=1S/C24H25N5O5S2/c1-15-7-9-29(10-8-15)36(32,33)17-4-6-19-18(12-17)23(31)28(14-25-19)13-22(30)27-24-26-20-5-3-16(34-2)11-21(20)35-24/h3-6,11-12,14-15H,7-10,13H2,1-2H3,(H,26,27,30). The van der Waals surface area contributed by atoms with E-state index in [1.54, 1.807) is 19.2 Å². The van der Waals surface area contributed by atoms with Gasteiger partial charge in [0, 0.05) is 13.1 Å². The van der Waals surface area contributed by atoms with E-state index in [4.69, 9.17) is 4.74 Å². The van der Waals surface area contributed by atoms with Crippen LogP contribution < -0.4 is 15.6 Å². The van der Waals surface area contributed by atoms with E-state index in [-0.39, 0.29) is 16.8 Å². The number of nitrogens with one attached hydrogen (secondary N) is 1. The van der Waals surface area contributed by atoms with Gasteiger partial charge in [0.2, 0.25) is 15.9 Å². The Hall–Kier alpha value is -3.35. The van der Waals surface area contributed by atoms with Crippen LogP contribution in [0.2, 0.25) is 0 Å². The monoisotopic (exact) mass is 527 g/mol. The van der Waals surface area contributed by atoms with E-state index in [9.17, 15) is 18.0 Å². The van der Waals surface area contributed by atoms with Crippen molar-refractivity contribution < 1.29 is 17.9 Å². The molecule has 1 saturated heterocycles. The topological polar surface area (TPSA) is 123 Å². The number of amides is 1. The second-order valence-electron chi connectivity index (χ2n) is 8.84. The number of sulfonamides is 1. The Bertz CT molecular complexity index is 1620. The van der Waals surface area contributed by atoms with Gasteiger partial charge in [0.1, 0.15) is 12.3 Å². The van der Waals surface area contributed by atoms with Gasteiger partial charge < -0.3 is 10.1 Å². The van der Waals surface area contributed by atoms with E-state index < -0.39 is 21.5 Å². The maximum atomic E-state index is 13.1. The Labute approximate surface area is 211 Å². The highest BCUT2D eigenvalue weighted by Crippen LogP contribution is 2.29. The number of anilines is 1. The number of nitrogens with zero attached hydrogens (tertiary/aromatic N) is 4. The normalized spacial score (nSPS) is 15.4.